The maximum absolute atomic E-state index is 3.38. The van der Waals surface area contributed by atoms with E-state index in [1.807, 2.05) is 18.2 Å². The fraction of sp³-hybridized carbons (Fsp3) is 0.0714. The Labute approximate surface area is 198 Å². The molecule has 30 heavy (non-hydrogen) atoms. The van der Waals surface area contributed by atoms with Crippen LogP contribution >= 0.6 is 0 Å². The van der Waals surface area contributed by atoms with Crippen molar-refractivity contribution in [2.75, 3.05) is 0 Å². The molecule has 0 aliphatic carbocycles. The van der Waals surface area contributed by atoms with E-state index in [0.717, 1.165) is 11.1 Å². The van der Waals surface area contributed by atoms with Crippen molar-refractivity contribution in [2.45, 2.75) is 13.8 Å². The Bertz CT molecular complexity index is 1120. The van der Waals surface area contributed by atoms with Gasteiger partial charge in [-0.25, -0.2) is 0 Å². The second-order valence-electron chi connectivity index (χ2n) is 7.13. The standard InChI is InChI=1S/C28H23Si.Sn/c1-22-23(2)28(21-20-25(22)19-18-24-12-6-3-7-13-24)29(26-14-8-4-9-15-26)27-16-10-5-11-17-27;/h3-17,20-21H,1-2H3;. The molecule has 0 nitrogen and oxygen atoms in total. The predicted octanol–water partition coefficient (Wildman–Crippen LogP) is 3.84. The summed E-state index contributed by atoms with van der Waals surface area (Å²) in [6.07, 6.45) is 0. The quantitative estimate of drug-likeness (QED) is 0.225. The first kappa shape index (κ1) is 22.1. The molecule has 0 aliphatic rings. The van der Waals surface area contributed by atoms with E-state index >= 15 is 0 Å². The Kier molecular flexibility index (Phi) is 7.73. The molecule has 0 saturated carbocycles. The molecule has 0 atom stereocenters. The molecule has 2 heteroatoms. The van der Waals surface area contributed by atoms with Crippen LogP contribution in [0.5, 0.6) is 0 Å². The molecule has 0 aliphatic heterocycles. The predicted molar refractivity (Wildman–Crippen MR) is 132 cm³/mol. The van der Waals surface area contributed by atoms with Gasteiger partial charge in [-0.2, -0.15) is 0 Å². The fourth-order valence-corrected chi connectivity index (χ4v) is 6.39. The van der Waals surface area contributed by atoms with E-state index in [2.05, 4.69) is 111 Å². The van der Waals surface area contributed by atoms with Gasteiger partial charge in [-0.15, -0.1) is 0 Å². The summed E-state index contributed by atoms with van der Waals surface area (Å²) in [4.78, 5) is 0. The first-order valence-electron chi connectivity index (χ1n) is 9.89. The van der Waals surface area contributed by atoms with Gasteiger partial charge < -0.3 is 0 Å². The summed E-state index contributed by atoms with van der Waals surface area (Å²) in [7, 11) is -1.06. The van der Waals surface area contributed by atoms with E-state index in [9.17, 15) is 0 Å². The van der Waals surface area contributed by atoms with Gasteiger partial charge in [-0.1, -0.05) is 107 Å². The van der Waals surface area contributed by atoms with Crippen LogP contribution < -0.4 is 15.6 Å². The van der Waals surface area contributed by atoms with Gasteiger partial charge in [-0.05, 0) is 48.4 Å². The molecule has 143 valence electrons. The molecule has 0 spiro atoms. The van der Waals surface area contributed by atoms with Gasteiger partial charge in [0.05, 0.1) is 0 Å². The van der Waals surface area contributed by atoms with E-state index in [-0.39, 0.29) is 23.9 Å². The zero-order chi connectivity index (χ0) is 20.1. The van der Waals surface area contributed by atoms with Gasteiger partial charge in [-0.3, -0.25) is 0 Å². The summed E-state index contributed by atoms with van der Waals surface area (Å²) >= 11 is 0. The van der Waals surface area contributed by atoms with Crippen LogP contribution in [0, 0.1) is 25.7 Å². The molecular weight excluding hydrogens is 483 g/mol. The van der Waals surface area contributed by atoms with Gasteiger partial charge in [0.25, 0.3) is 0 Å². The largest absolute Gasteiger partial charge is 0.154 e. The van der Waals surface area contributed by atoms with Gasteiger partial charge >= 0.3 is 0 Å². The van der Waals surface area contributed by atoms with Crippen molar-refractivity contribution >= 4 is 48.3 Å². The van der Waals surface area contributed by atoms with Crippen LogP contribution in [0.25, 0.3) is 0 Å². The first-order chi connectivity index (χ1) is 14.2. The van der Waals surface area contributed by atoms with Crippen molar-refractivity contribution < 1.29 is 0 Å². The van der Waals surface area contributed by atoms with Crippen LogP contribution in [-0.2, 0) is 0 Å². The SMILES string of the molecule is Cc1c(C#Cc2ccccc2)ccc([Si](c2ccccc2)c2ccccc2)c1C.[Sn]. The van der Waals surface area contributed by atoms with Crippen molar-refractivity contribution in [1.82, 2.24) is 0 Å². The summed E-state index contributed by atoms with van der Waals surface area (Å²) in [6.45, 7) is 4.44. The topological polar surface area (TPSA) is 0 Å². The average Bonchev–Trinajstić information content (AvgIpc) is 2.78. The van der Waals surface area contributed by atoms with Gasteiger partial charge in [0.1, 0.15) is 0 Å². The normalized spacial score (nSPS) is 10.1. The molecule has 0 bridgehead atoms. The Morgan fingerprint density at radius 1 is 0.533 bits per heavy atom. The molecule has 0 aromatic heterocycles. The number of hydrogen-bond acceptors (Lipinski definition) is 0. The van der Waals surface area contributed by atoms with Gasteiger partial charge in [0.2, 0.25) is 0 Å². The molecule has 4 aromatic rings. The van der Waals surface area contributed by atoms with Crippen LogP contribution in [0.15, 0.2) is 103 Å². The summed E-state index contributed by atoms with van der Waals surface area (Å²) in [5.41, 5.74) is 4.79. The van der Waals surface area contributed by atoms with Crippen molar-refractivity contribution in [3.8, 4) is 11.8 Å². The maximum atomic E-state index is 3.38. The third-order valence-electron chi connectivity index (χ3n) is 5.30. The zero-order valence-electron chi connectivity index (χ0n) is 17.3. The maximum Gasteiger partial charge on any atom is 0.154 e. The molecule has 4 aromatic carbocycles. The minimum absolute atomic E-state index is 0. The van der Waals surface area contributed by atoms with Gasteiger partial charge in [0, 0.05) is 35.0 Å². The molecular formula is C28H23SiSn. The monoisotopic (exact) mass is 507 g/mol. The van der Waals surface area contributed by atoms with Crippen LogP contribution in [0.4, 0.5) is 0 Å². The molecule has 0 unspecified atom stereocenters. The van der Waals surface area contributed by atoms with Crippen molar-refractivity contribution in [2.24, 2.45) is 0 Å². The van der Waals surface area contributed by atoms with E-state index < -0.39 is 8.80 Å². The van der Waals surface area contributed by atoms with Crippen LogP contribution in [0.1, 0.15) is 22.3 Å². The van der Waals surface area contributed by atoms with Crippen LogP contribution in [-0.4, -0.2) is 32.7 Å². The van der Waals surface area contributed by atoms with E-state index in [4.69, 9.17) is 0 Å². The third-order valence-corrected chi connectivity index (χ3v) is 8.20. The molecule has 0 fully saturated rings. The van der Waals surface area contributed by atoms with Crippen molar-refractivity contribution in [3.05, 3.63) is 125 Å². The minimum atomic E-state index is -1.06. The molecule has 5 radical (unpaired) electrons. The summed E-state index contributed by atoms with van der Waals surface area (Å²) in [6, 6.07) is 36.5. The second-order valence-corrected chi connectivity index (χ2v) is 9.58. The zero-order valence-corrected chi connectivity index (χ0v) is 21.2. The number of benzene rings is 4. The fourth-order valence-electron chi connectivity index (χ4n) is 3.58. The van der Waals surface area contributed by atoms with E-state index in [0.29, 0.717) is 0 Å². The van der Waals surface area contributed by atoms with E-state index in [1.54, 1.807) is 0 Å². The summed E-state index contributed by atoms with van der Waals surface area (Å²) in [5.74, 6) is 6.68. The summed E-state index contributed by atoms with van der Waals surface area (Å²) in [5, 5.41) is 4.26. The van der Waals surface area contributed by atoms with E-state index in [1.165, 1.54) is 26.7 Å². The van der Waals surface area contributed by atoms with Crippen LogP contribution in [0.3, 0.4) is 0 Å². The Balaban J connectivity index is 0.00000256. The number of hydrogen-bond donors (Lipinski definition) is 0. The van der Waals surface area contributed by atoms with Crippen LogP contribution in [0.2, 0.25) is 0 Å². The average molecular weight is 506 g/mol. The number of rotatable bonds is 3. The molecule has 0 saturated heterocycles. The molecule has 4 rings (SSSR count). The Hall–Kier alpha value is -2.54. The summed E-state index contributed by atoms with van der Waals surface area (Å²) < 4.78 is 0. The first-order valence-corrected chi connectivity index (χ1v) is 11.4. The third kappa shape index (κ3) is 4.95. The smallest absolute Gasteiger partial charge is 0.0624 e. The molecule has 0 heterocycles. The molecule has 0 amide bonds. The minimum Gasteiger partial charge on any atom is -0.0624 e. The van der Waals surface area contributed by atoms with Crippen molar-refractivity contribution in [1.29, 1.82) is 0 Å². The Morgan fingerprint density at radius 2 is 1.03 bits per heavy atom. The second kappa shape index (κ2) is 10.5. The Morgan fingerprint density at radius 3 is 1.57 bits per heavy atom. The molecule has 0 N–H and O–H groups in total. The van der Waals surface area contributed by atoms with Crippen molar-refractivity contribution in [3.63, 3.8) is 0 Å². The van der Waals surface area contributed by atoms with Gasteiger partial charge in [0.15, 0.2) is 8.80 Å².